The highest BCUT2D eigenvalue weighted by Crippen LogP contribution is 2.22. The topological polar surface area (TPSA) is 49.4 Å². The Kier molecular flexibility index (Phi) is 9.50. The van der Waals surface area contributed by atoms with Gasteiger partial charge in [-0.3, -0.25) is 9.59 Å². The Hall–Kier alpha value is -3.11. The Bertz CT molecular complexity index is 1150. The van der Waals surface area contributed by atoms with Gasteiger partial charge in [0, 0.05) is 24.0 Å². The van der Waals surface area contributed by atoms with Gasteiger partial charge in [0.15, 0.2) is 0 Å². The summed E-state index contributed by atoms with van der Waals surface area (Å²) in [7, 11) is 0. The number of halogens is 1. The van der Waals surface area contributed by atoms with E-state index >= 15 is 0 Å². The number of nitrogens with zero attached hydrogens (tertiary/aromatic N) is 1. The predicted octanol–water partition coefficient (Wildman–Crippen LogP) is 6.05. The summed E-state index contributed by atoms with van der Waals surface area (Å²) in [5.41, 5.74) is 4.95. The first-order valence-corrected chi connectivity index (χ1v) is 12.6. The van der Waals surface area contributed by atoms with E-state index < -0.39 is 6.04 Å². The van der Waals surface area contributed by atoms with E-state index in [1.54, 1.807) is 4.90 Å². The van der Waals surface area contributed by atoms with Gasteiger partial charge in [0.05, 0.1) is 6.42 Å². The van der Waals surface area contributed by atoms with Gasteiger partial charge in [-0.25, -0.2) is 0 Å². The lowest BCUT2D eigenvalue weighted by Crippen LogP contribution is -2.52. The van der Waals surface area contributed by atoms with Crippen LogP contribution in [0.3, 0.4) is 0 Å². The van der Waals surface area contributed by atoms with Crippen molar-refractivity contribution < 1.29 is 9.59 Å². The van der Waals surface area contributed by atoms with E-state index in [0.29, 0.717) is 11.4 Å². The number of nitrogens with one attached hydrogen (secondary N) is 1. The molecule has 0 bridgehead atoms. The zero-order valence-corrected chi connectivity index (χ0v) is 21.8. The minimum Gasteiger partial charge on any atom is -0.352 e. The molecule has 0 saturated heterocycles. The highest BCUT2D eigenvalue weighted by Gasteiger charge is 2.31. The summed E-state index contributed by atoms with van der Waals surface area (Å²) in [6.07, 6.45) is 1.46. The van der Waals surface area contributed by atoms with Crippen LogP contribution < -0.4 is 5.32 Å². The van der Waals surface area contributed by atoms with Crippen molar-refractivity contribution in [1.29, 1.82) is 0 Å². The van der Waals surface area contributed by atoms with Crippen LogP contribution in [0.2, 0.25) is 5.02 Å². The Morgan fingerprint density at radius 2 is 1.63 bits per heavy atom. The zero-order valence-electron chi connectivity index (χ0n) is 21.1. The molecule has 35 heavy (non-hydrogen) atoms. The fraction of sp³-hybridized carbons (Fsp3) is 0.333. The standard InChI is InChI=1S/C30H35ClN2O2/c1-5-23(4)32-30(35)28(18-24-11-7-6-8-12-24)33(20-25-13-9-10-14-27(25)31)29(34)19-26-17-21(2)15-16-22(26)3/h6-17,23,28H,5,18-20H2,1-4H3,(H,32,35). The molecule has 1 N–H and O–H groups in total. The third-order valence-corrected chi connectivity index (χ3v) is 6.79. The monoisotopic (exact) mass is 490 g/mol. The normalized spacial score (nSPS) is 12.6. The van der Waals surface area contributed by atoms with Gasteiger partial charge in [-0.2, -0.15) is 0 Å². The summed E-state index contributed by atoms with van der Waals surface area (Å²) in [5, 5.41) is 3.69. The van der Waals surface area contributed by atoms with Gasteiger partial charge in [-0.1, -0.05) is 90.8 Å². The third kappa shape index (κ3) is 7.43. The van der Waals surface area contributed by atoms with Gasteiger partial charge in [-0.15, -0.1) is 0 Å². The molecule has 0 saturated carbocycles. The van der Waals surface area contributed by atoms with E-state index in [4.69, 9.17) is 11.6 Å². The molecule has 0 aromatic heterocycles. The maximum absolute atomic E-state index is 13.9. The van der Waals surface area contributed by atoms with Crippen LogP contribution in [0.25, 0.3) is 0 Å². The van der Waals surface area contributed by atoms with Crippen LogP contribution in [-0.2, 0) is 29.0 Å². The van der Waals surface area contributed by atoms with E-state index in [0.717, 1.165) is 34.2 Å². The number of carbonyl (C=O) groups excluding carboxylic acids is 2. The van der Waals surface area contributed by atoms with Crippen LogP contribution in [0.5, 0.6) is 0 Å². The van der Waals surface area contributed by atoms with Gasteiger partial charge < -0.3 is 10.2 Å². The van der Waals surface area contributed by atoms with Gasteiger partial charge in [0.2, 0.25) is 11.8 Å². The van der Waals surface area contributed by atoms with Crippen LogP contribution in [-0.4, -0.2) is 28.8 Å². The molecule has 4 nitrogen and oxygen atoms in total. The summed E-state index contributed by atoms with van der Waals surface area (Å²) in [5.74, 6) is -0.247. The van der Waals surface area contributed by atoms with Crippen LogP contribution >= 0.6 is 11.6 Å². The Labute approximate surface area is 214 Å². The first-order chi connectivity index (χ1) is 16.8. The van der Waals surface area contributed by atoms with E-state index in [-0.39, 0.29) is 30.8 Å². The molecule has 2 unspecified atom stereocenters. The lowest BCUT2D eigenvalue weighted by atomic mass is 9.99. The number of carbonyl (C=O) groups is 2. The van der Waals surface area contributed by atoms with Crippen molar-refractivity contribution in [3.05, 3.63) is 106 Å². The molecule has 184 valence electrons. The highest BCUT2D eigenvalue weighted by molar-refractivity contribution is 6.31. The molecule has 0 spiro atoms. The number of hydrogen-bond acceptors (Lipinski definition) is 2. The number of amides is 2. The van der Waals surface area contributed by atoms with Crippen molar-refractivity contribution >= 4 is 23.4 Å². The van der Waals surface area contributed by atoms with Crippen molar-refractivity contribution in [3.8, 4) is 0 Å². The van der Waals surface area contributed by atoms with E-state index in [1.165, 1.54) is 0 Å². The fourth-order valence-electron chi connectivity index (χ4n) is 4.06. The van der Waals surface area contributed by atoms with Crippen LogP contribution in [0.15, 0.2) is 72.8 Å². The maximum Gasteiger partial charge on any atom is 0.243 e. The lowest BCUT2D eigenvalue weighted by molar-refractivity contribution is -0.141. The average molecular weight is 491 g/mol. The molecule has 0 heterocycles. The fourth-order valence-corrected chi connectivity index (χ4v) is 4.26. The minimum atomic E-state index is -0.666. The van der Waals surface area contributed by atoms with Crippen LogP contribution in [0.4, 0.5) is 0 Å². The SMILES string of the molecule is CCC(C)NC(=O)C(Cc1ccccc1)N(Cc1ccccc1Cl)C(=O)Cc1cc(C)ccc1C. The van der Waals surface area contributed by atoms with Gasteiger partial charge in [0.25, 0.3) is 0 Å². The minimum absolute atomic E-state index is 0.0112. The maximum atomic E-state index is 13.9. The molecule has 2 atom stereocenters. The summed E-state index contributed by atoms with van der Waals surface area (Å²) < 4.78 is 0. The third-order valence-electron chi connectivity index (χ3n) is 6.42. The number of benzene rings is 3. The molecule has 0 radical (unpaired) electrons. The Morgan fingerprint density at radius 1 is 0.943 bits per heavy atom. The van der Waals surface area contributed by atoms with E-state index in [9.17, 15) is 9.59 Å². The summed E-state index contributed by atoms with van der Waals surface area (Å²) in [6.45, 7) is 8.30. The summed E-state index contributed by atoms with van der Waals surface area (Å²) in [6, 6.07) is 22.8. The van der Waals surface area contributed by atoms with Crippen molar-refractivity contribution in [2.24, 2.45) is 0 Å². The molecule has 3 aromatic rings. The number of rotatable bonds is 10. The molecule has 3 aromatic carbocycles. The first kappa shape index (κ1) is 26.5. The molecule has 0 aliphatic heterocycles. The molecule has 3 rings (SSSR count). The van der Waals surface area contributed by atoms with E-state index in [1.807, 2.05) is 100 Å². The second kappa shape index (κ2) is 12.6. The quantitative estimate of drug-likeness (QED) is 0.376. The zero-order chi connectivity index (χ0) is 25.4. The summed E-state index contributed by atoms with van der Waals surface area (Å²) >= 11 is 6.49. The van der Waals surface area contributed by atoms with Crippen molar-refractivity contribution in [2.45, 2.75) is 65.6 Å². The molecular weight excluding hydrogens is 456 g/mol. The molecule has 0 fully saturated rings. The molecule has 2 amide bonds. The second-order valence-corrected chi connectivity index (χ2v) is 9.65. The lowest BCUT2D eigenvalue weighted by Gasteiger charge is -2.33. The molecule has 5 heteroatoms. The Balaban J connectivity index is 2.01. The summed E-state index contributed by atoms with van der Waals surface area (Å²) in [4.78, 5) is 29.2. The molecular formula is C30H35ClN2O2. The van der Waals surface area contributed by atoms with Crippen molar-refractivity contribution in [2.75, 3.05) is 0 Å². The van der Waals surface area contributed by atoms with E-state index in [2.05, 4.69) is 5.32 Å². The van der Waals surface area contributed by atoms with Crippen LogP contribution in [0.1, 0.15) is 48.1 Å². The number of aryl methyl sites for hydroxylation is 2. The predicted molar refractivity (Wildman–Crippen MR) is 143 cm³/mol. The van der Waals surface area contributed by atoms with Crippen molar-refractivity contribution in [3.63, 3.8) is 0 Å². The largest absolute Gasteiger partial charge is 0.352 e. The number of hydrogen-bond donors (Lipinski definition) is 1. The second-order valence-electron chi connectivity index (χ2n) is 9.24. The Morgan fingerprint density at radius 3 is 2.31 bits per heavy atom. The molecule has 0 aliphatic carbocycles. The van der Waals surface area contributed by atoms with Gasteiger partial charge in [-0.05, 0) is 55.5 Å². The average Bonchev–Trinajstić information content (AvgIpc) is 2.85. The molecule has 0 aliphatic rings. The highest BCUT2D eigenvalue weighted by atomic mass is 35.5. The van der Waals surface area contributed by atoms with Crippen molar-refractivity contribution in [1.82, 2.24) is 10.2 Å². The van der Waals surface area contributed by atoms with Gasteiger partial charge in [0.1, 0.15) is 6.04 Å². The first-order valence-electron chi connectivity index (χ1n) is 12.2. The van der Waals surface area contributed by atoms with Gasteiger partial charge >= 0.3 is 0 Å². The smallest absolute Gasteiger partial charge is 0.243 e. The van der Waals surface area contributed by atoms with Crippen LogP contribution in [0, 0.1) is 13.8 Å².